The Balaban J connectivity index is 1.63. The van der Waals surface area contributed by atoms with E-state index in [9.17, 15) is 23.2 Å². The molecule has 9 heteroatoms. The molecule has 2 aromatic carbocycles. The fourth-order valence-electron chi connectivity index (χ4n) is 4.50. The molecule has 3 N–H and O–H groups in total. The summed E-state index contributed by atoms with van der Waals surface area (Å²) in [6.07, 6.45) is -4.14. The zero-order valence-electron chi connectivity index (χ0n) is 19.7. The van der Waals surface area contributed by atoms with Crippen LogP contribution in [0.5, 0.6) is 0 Å². The highest BCUT2D eigenvalue weighted by Gasteiger charge is 2.38. The Bertz CT molecular complexity index is 1030. The first-order valence-electron chi connectivity index (χ1n) is 11.6. The number of ether oxygens (including phenoxy) is 1. The van der Waals surface area contributed by atoms with E-state index in [-0.39, 0.29) is 31.9 Å². The Morgan fingerprint density at radius 1 is 1.00 bits per heavy atom. The molecule has 1 unspecified atom stereocenters. The number of rotatable bonds is 11. The van der Waals surface area contributed by atoms with Crippen LogP contribution >= 0.6 is 0 Å². The lowest BCUT2D eigenvalue weighted by atomic mass is 9.81. The molecule has 0 aromatic heterocycles. The van der Waals surface area contributed by atoms with Crippen molar-refractivity contribution < 1.29 is 33.0 Å². The Labute approximate surface area is 202 Å². The maximum Gasteiger partial charge on any atom is 0.407 e. The number of hydrogen-bond donors (Lipinski definition) is 3. The van der Waals surface area contributed by atoms with Gasteiger partial charge in [0.05, 0.1) is 11.8 Å². The lowest BCUT2D eigenvalue weighted by Crippen LogP contribution is -2.52. The van der Waals surface area contributed by atoms with E-state index < -0.39 is 42.3 Å². The van der Waals surface area contributed by atoms with E-state index in [2.05, 4.69) is 10.6 Å². The second-order valence-corrected chi connectivity index (χ2v) is 8.68. The van der Waals surface area contributed by atoms with E-state index in [4.69, 9.17) is 9.84 Å². The van der Waals surface area contributed by atoms with Crippen molar-refractivity contribution in [3.63, 3.8) is 0 Å². The number of carbonyl (C=O) groups is 3. The molecule has 0 saturated carbocycles. The van der Waals surface area contributed by atoms with Gasteiger partial charge in [-0.25, -0.2) is 13.6 Å². The minimum atomic E-state index is -3.03. The monoisotopic (exact) mass is 488 g/mol. The SMILES string of the molecule is CCC(CC)(CNC(=O)OCC1c2ccccc2-c2ccccc21)C(=O)NC(CC(=O)O)C(F)F. The van der Waals surface area contributed by atoms with Crippen molar-refractivity contribution in [1.82, 2.24) is 10.6 Å². The van der Waals surface area contributed by atoms with Crippen LogP contribution in [0.2, 0.25) is 0 Å². The third-order valence-electron chi connectivity index (χ3n) is 6.77. The van der Waals surface area contributed by atoms with Gasteiger partial charge in [0, 0.05) is 12.5 Å². The van der Waals surface area contributed by atoms with E-state index in [0.29, 0.717) is 0 Å². The largest absolute Gasteiger partial charge is 0.481 e. The number of carbonyl (C=O) groups excluding carboxylic acids is 2. The minimum Gasteiger partial charge on any atom is -0.481 e. The number of fused-ring (bicyclic) bond motifs is 3. The number of aliphatic carboxylic acids is 1. The molecule has 0 fully saturated rings. The van der Waals surface area contributed by atoms with E-state index in [1.165, 1.54) is 0 Å². The fraction of sp³-hybridized carbons (Fsp3) is 0.423. The second kappa shape index (κ2) is 11.3. The molecule has 0 bridgehead atoms. The van der Waals surface area contributed by atoms with Crippen LogP contribution in [0.25, 0.3) is 11.1 Å². The lowest BCUT2D eigenvalue weighted by Gasteiger charge is -2.32. The number of benzene rings is 2. The zero-order valence-corrected chi connectivity index (χ0v) is 19.7. The Hall–Kier alpha value is -3.49. The normalized spacial score (nSPS) is 13.6. The van der Waals surface area contributed by atoms with Crippen LogP contribution in [-0.4, -0.2) is 48.7 Å². The summed E-state index contributed by atoms with van der Waals surface area (Å²) in [5.41, 5.74) is 3.14. The molecule has 7 nitrogen and oxygen atoms in total. The molecule has 0 spiro atoms. The van der Waals surface area contributed by atoms with Crippen molar-refractivity contribution in [2.45, 2.75) is 51.5 Å². The lowest BCUT2D eigenvalue weighted by molar-refractivity contribution is -0.140. The molecule has 0 heterocycles. The number of alkyl carbamates (subject to hydrolysis) is 1. The van der Waals surface area contributed by atoms with Crippen LogP contribution < -0.4 is 10.6 Å². The fourth-order valence-corrected chi connectivity index (χ4v) is 4.50. The summed E-state index contributed by atoms with van der Waals surface area (Å²) in [5, 5.41) is 13.6. The van der Waals surface area contributed by atoms with E-state index in [0.717, 1.165) is 22.3 Å². The number of hydrogen-bond acceptors (Lipinski definition) is 4. The first kappa shape index (κ1) is 26.1. The van der Waals surface area contributed by atoms with Gasteiger partial charge in [0.15, 0.2) is 0 Å². The number of halogens is 2. The average molecular weight is 489 g/mol. The third kappa shape index (κ3) is 5.78. The van der Waals surface area contributed by atoms with Gasteiger partial charge in [-0.2, -0.15) is 0 Å². The second-order valence-electron chi connectivity index (χ2n) is 8.68. The molecule has 1 aliphatic carbocycles. The predicted octanol–water partition coefficient (Wildman–Crippen LogP) is 4.56. The van der Waals surface area contributed by atoms with Crippen molar-refractivity contribution in [2.24, 2.45) is 5.41 Å². The van der Waals surface area contributed by atoms with Gasteiger partial charge in [0.1, 0.15) is 12.6 Å². The smallest absolute Gasteiger partial charge is 0.407 e. The summed E-state index contributed by atoms with van der Waals surface area (Å²) >= 11 is 0. The van der Waals surface area contributed by atoms with Gasteiger partial charge in [-0.15, -0.1) is 0 Å². The van der Waals surface area contributed by atoms with Gasteiger partial charge in [-0.05, 0) is 35.1 Å². The molecule has 1 atom stereocenters. The molecule has 0 saturated heterocycles. The van der Waals surface area contributed by atoms with Gasteiger partial charge >= 0.3 is 12.1 Å². The highest BCUT2D eigenvalue weighted by molar-refractivity contribution is 5.84. The Kier molecular flexibility index (Phi) is 8.43. The predicted molar refractivity (Wildman–Crippen MR) is 126 cm³/mol. The van der Waals surface area contributed by atoms with Crippen molar-refractivity contribution >= 4 is 18.0 Å². The number of nitrogens with one attached hydrogen (secondary N) is 2. The molecule has 2 amide bonds. The van der Waals surface area contributed by atoms with Crippen molar-refractivity contribution in [1.29, 1.82) is 0 Å². The van der Waals surface area contributed by atoms with Crippen LogP contribution in [0, 0.1) is 5.41 Å². The van der Waals surface area contributed by atoms with Gasteiger partial charge in [0.2, 0.25) is 5.91 Å². The van der Waals surface area contributed by atoms with Gasteiger partial charge < -0.3 is 20.5 Å². The molecule has 1 aliphatic rings. The van der Waals surface area contributed by atoms with Crippen molar-refractivity contribution in [3.05, 3.63) is 59.7 Å². The molecular weight excluding hydrogens is 458 g/mol. The van der Waals surface area contributed by atoms with Gasteiger partial charge in [-0.3, -0.25) is 9.59 Å². The van der Waals surface area contributed by atoms with Crippen LogP contribution in [0.3, 0.4) is 0 Å². The Morgan fingerprint density at radius 2 is 1.54 bits per heavy atom. The molecule has 0 aliphatic heterocycles. The van der Waals surface area contributed by atoms with Gasteiger partial charge in [-0.1, -0.05) is 62.4 Å². The van der Waals surface area contributed by atoms with E-state index >= 15 is 0 Å². The van der Waals surface area contributed by atoms with E-state index in [1.54, 1.807) is 13.8 Å². The Morgan fingerprint density at radius 3 is 2.03 bits per heavy atom. The zero-order chi connectivity index (χ0) is 25.6. The van der Waals surface area contributed by atoms with Crippen LogP contribution in [0.15, 0.2) is 48.5 Å². The van der Waals surface area contributed by atoms with Crippen LogP contribution in [0.1, 0.15) is 50.2 Å². The summed E-state index contributed by atoms with van der Waals surface area (Å²) in [7, 11) is 0. The maximum absolute atomic E-state index is 13.2. The molecule has 0 radical (unpaired) electrons. The highest BCUT2D eigenvalue weighted by atomic mass is 19.3. The van der Waals surface area contributed by atoms with Crippen LogP contribution in [-0.2, 0) is 14.3 Å². The van der Waals surface area contributed by atoms with Crippen molar-refractivity contribution in [2.75, 3.05) is 13.2 Å². The molecule has 2 aromatic rings. The van der Waals surface area contributed by atoms with Crippen LogP contribution in [0.4, 0.5) is 13.6 Å². The summed E-state index contributed by atoms with van der Waals surface area (Å²) in [4.78, 5) is 36.3. The molecular formula is C26H30F2N2O5. The summed E-state index contributed by atoms with van der Waals surface area (Å²) in [5.74, 6) is -2.29. The molecule has 188 valence electrons. The van der Waals surface area contributed by atoms with Gasteiger partial charge in [0.25, 0.3) is 6.43 Å². The molecule has 35 heavy (non-hydrogen) atoms. The standard InChI is InChI=1S/C26H30F2N2O5/c1-3-26(4-2,24(33)30-21(23(27)28)13-22(31)32)15-29-25(34)35-14-20-18-11-7-5-9-16(18)17-10-6-8-12-19(17)20/h5-12,20-21,23H,3-4,13-15H2,1-2H3,(H,29,34)(H,30,33)(H,31,32). The number of carboxylic acid groups (broad SMARTS) is 1. The quantitative estimate of drug-likeness (QED) is 0.430. The number of amides is 2. The average Bonchev–Trinajstić information content (AvgIpc) is 3.16. The third-order valence-corrected chi connectivity index (χ3v) is 6.77. The summed E-state index contributed by atoms with van der Waals surface area (Å²) in [6, 6.07) is 14.0. The first-order valence-corrected chi connectivity index (χ1v) is 11.6. The van der Waals surface area contributed by atoms with Crippen molar-refractivity contribution in [3.8, 4) is 11.1 Å². The summed E-state index contributed by atoms with van der Waals surface area (Å²) in [6.45, 7) is 3.38. The highest BCUT2D eigenvalue weighted by Crippen LogP contribution is 2.44. The topological polar surface area (TPSA) is 105 Å². The maximum atomic E-state index is 13.2. The molecule has 3 rings (SSSR count). The minimum absolute atomic E-state index is 0.101. The summed E-state index contributed by atoms with van der Waals surface area (Å²) < 4.78 is 31.9. The van der Waals surface area contributed by atoms with E-state index in [1.807, 2.05) is 48.5 Å². The first-order chi connectivity index (χ1) is 16.7. The number of carboxylic acids is 1. The number of alkyl halides is 2.